The van der Waals surface area contributed by atoms with Gasteiger partial charge in [0.2, 0.25) is 0 Å². The van der Waals surface area contributed by atoms with E-state index in [1.54, 1.807) is 6.92 Å². The van der Waals surface area contributed by atoms with Crippen molar-refractivity contribution in [3.8, 4) is 0 Å². The Hall–Kier alpha value is -0.870. The zero-order valence-electron chi connectivity index (χ0n) is 6.29. The lowest BCUT2D eigenvalue weighted by Gasteiger charge is -1.83. The first-order chi connectivity index (χ1) is 4.37. The van der Waals surface area contributed by atoms with Crippen LogP contribution in [0, 0.1) is 0 Å². The van der Waals surface area contributed by atoms with Gasteiger partial charge in [-0.1, -0.05) is 6.58 Å². The Morgan fingerprint density at radius 2 is 1.70 bits per heavy atom. The summed E-state index contributed by atoms with van der Waals surface area (Å²) < 4.78 is 0. The first-order valence-electron chi connectivity index (χ1n) is 2.78. The number of aliphatic carboxylic acids is 1. The van der Waals surface area contributed by atoms with Crippen molar-refractivity contribution in [3.63, 3.8) is 0 Å². The largest absolute Gasteiger partial charge is 0.478 e. The summed E-state index contributed by atoms with van der Waals surface area (Å²) in [6, 6.07) is 0. The third-order valence-corrected chi connectivity index (χ3v) is 0.365. The molecule has 60 valence electrons. The van der Waals surface area contributed by atoms with E-state index >= 15 is 0 Å². The third-order valence-electron chi connectivity index (χ3n) is 0.365. The van der Waals surface area contributed by atoms with Crippen molar-refractivity contribution >= 4 is 5.97 Å². The topological polar surface area (TPSA) is 89.3 Å². The summed E-state index contributed by atoms with van der Waals surface area (Å²) in [5.41, 5.74) is 9.95. The Morgan fingerprint density at radius 1 is 1.60 bits per heavy atom. The van der Waals surface area contributed by atoms with Crippen LogP contribution in [0.15, 0.2) is 12.2 Å². The van der Waals surface area contributed by atoms with E-state index in [2.05, 4.69) is 6.58 Å². The third kappa shape index (κ3) is 27.3. The molecule has 0 spiro atoms. The molecule has 0 unspecified atom stereocenters. The van der Waals surface area contributed by atoms with E-state index in [1.807, 2.05) is 0 Å². The van der Waals surface area contributed by atoms with Gasteiger partial charge in [0.15, 0.2) is 0 Å². The second-order valence-electron chi connectivity index (χ2n) is 1.94. The van der Waals surface area contributed by atoms with Gasteiger partial charge in [-0.2, -0.15) is 0 Å². The van der Waals surface area contributed by atoms with E-state index in [9.17, 15) is 4.79 Å². The molecule has 4 heteroatoms. The Balaban J connectivity index is 0. The number of carbonyl (C=O) groups is 1. The molecule has 5 N–H and O–H groups in total. The highest BCUT2D eigenvalue weighted by Gasteiger charge is 1.90. The molecule has 0 aliphatic rings. The number of hydrogen-bond acceptors (Lipinski definition) is 3. The van der Waals surface area contributed by atoms with Crippen molar-refractivity contribution in [2.75, 3.05) is 0 Å². The standard InChI is InChI=1S/C4H6O2.C2H8N2/c1-3(2)4(5)6;1-2(3)4/h1H2,2H3,(H,5,6);2H,3-4H2,1H3. The Bertz CT molecular complexity index is 106. The van der Waals surface area contributed by atoms with Crippen LogP contribution in [0.5, 0.6) is 0 Å². The summed E-state index contributed by atoms with van der Waals surface area (Å²) in [5.74, 6) is -0.935. The molecular formula is C6H14N2O2. The van der Waals surface area contributed by atoms with E-state index in [1.165, 1.54) is 6.92 Å². The van der Waals surface area contributed by atoms with Gasteiger partial charge in [-0.15, -0.1) is 0 Å². The van der Waals surface area contributed by atoms with Crippen LogP contribution in [0.25, 0.3) is 0 Å². The predicted molar refractivity (Wildman–Crippen MR) is 40.3 cm³/mol. The van der Waals surface area contributed by atoms with Crippen LogP contribution in [0.1, 0.15) is 13.8 Å². The van der Waals surface area contributed by atoms with Crippen LogP contribution >= 0.6 is 0 Å². The first kappa shape index (κ1) is 11.9. The summed E-state index contributed by atoms with van der Waals surface area (Å²) in [7, 11) is 0. The van der Waals surface area contributed by atoms with Crippen molar-refractivity contribution in [2.45, 2.75) is 20.0 Å². The molecule has 0 aliphatic carbocycles. The molecule has 0 saturated carbocycles. The SMILES string of the molecule is C=C(C)C(=O)O.CC(N)N. The molecule has 0 aliphatic heterocycles. The number of carboxylic acids is 1. The number of carboxylic acid groups (broad SMARTS) is 1. The fraction of sp³-hybridized carbons (Fsp3) is 0.500. The zero-order chi connectivity index (χ0) is 8.73. The van der Waals surface area contributed by atoms with Gasteiger partial charge in [-0.05, 0) is 13.8 Å². The molecule has 0 fully saturated rings. The van der Waals surface area contributed by atoms with Gasteiger partial charge in [-0.3, -0.25) is 0 Å². The highest BCUT2D eigenvalue weighted by atomic mass is 16.4. The summed E-state index contributed by atoms with van der Waals surface area (Å²) in [6.07, 6.45) is -0.167. The zero-order valence-corrected chi connectivity index (χ0v) is 6.29. The molecule has 0 amide bonds. The maximum atomic E-state index is 9.60. The van der Waals surface area contributed by atoms with Crippen molar-refractivity contribution in [1.82, 2.24) is 0 Å². The fourth-order valence-electron chi connectivity index (χ4n) is 0. The minimum absolute atomic E-state index is 0.167. The second-order valence-corrected chi connectivity index (χ2v) is 1.94. The van der Waals surface area contributed by atoms with E-state index < -0.39 is 5.97 Å². The van der Waals surface area contributed by atoms with Crippen molar-refractivity contribution in [3.05, 3.63) is 12.2 Å². The molecule has 0 radical (unpaired) electrons. The van der Waals surface area contributed by atoms with Crippen LogP contribution in [0.3, 0.4) is 0 Å². The average Bonchev–Trinajstić information content (AvgIpc) is 1.63. The van der Waals surface area contributed by atoms with Crippen molar-refractivity contribution < 1.29 is 9.90 Å². The molecule has 10 heavy (non-hydrogen) atoms. The van der Waals surface area contributed by atoms with E-state index in [0.717, 1.165) is 0 Å². The van der Waals surface area contributed by atoms with Gasteiger partial charge in [0.05, 0.1) is 0 Å². The summed E-state index contributed by atoms with van der Waals surface area (Å²) in [5, 5.41) is 7.89. The molecule has 0 rings (SSSR count). The Kier molecular flexibility index (Phi) is 7.42. The fourth-order valence-corrected chi connectivity index (χ4v) is 0. The lowest BCUT2D eigenvalue weighted by atomic mass is 10.4. The van der Waals surface area contributed by atoms with Gasteiger partial charge < -0.3 is 16.6 Å². The van der Waals surface area contributed by atoms with Crippen LogP contribution < -0.4 is 11.5 Å². The van der Waals surface area contributed by atoms with Crippen molar-refractivity contribution in [2.24, 2.45) is 11.5 Å². The summed E-state index contributed by atoms with van der Waals surface area (Å²) in [4.78, 5) is 9.60. The minimum atomic E-state index is -0.935. The molecule has 0 aromatic carbocycles. The first-order valence-corrected chi connectivity index (χ1v) is 2.78. The van der Waals surface area contributed by atoms with Gasteiger partial charge in [0.1, 0.15) is 0 Å². The minimum Gasteiger partial charge on any atom is -0.478 e. The molecule has 0 aromatic heterocycles. The molecule has 0 saturated heterocycles. The van der Waals surface area contributed by atoms with Gasteiger partial charge in [0, 0.05) is 11.7 Å². The highest BCUT2D eigenvalue weighted by molar-refractivity contribution is 5.84. The average molecular weight is 146 g/mol. The normalized spacial score (nSPS) is 8.10. The lowest BCUT2D eigenvalue weighted by Crippen LogP contribution is -2.25. The monoisotopic (exact) mass is 146 g/mol. The van der Waals surface area contributed by atoms with E-state index in [-0.39, 0.29) is 11.7 Å². The molecular weight excluding hydrogens is 132 g/mol. The van der Waals surface area contributed by atoms with Crippen LogP contribution in [-0.2, 0) is 4.79 Å². The molecule has 0 heterocycles. The Labute approximate surface area is 60.5 Å². The van der Waals surface area contributed by atoms with Gasteiger partial charge in [0.25, 0.3) is 0 Å². The molecule has 4 nitrogen and oxygen atoms in total. The maximum absolute atomic E-state index is 9.60. The van der Waals surface area contributed by atoms with Gasteiger partial charge >= 0.3 is 5.97 Å². The Morgan fingerprint density at radius 3 is 1.70 bits per heavy atom. The van der Waals surface area contributed by atoms with Gasteiger partial charge in [-0.25, -0.2) is 4.79 Å². The molecule has 0 bridgehead atoms. The van der Waals surface area contributed by atoms with Crippen molar-refractivity contribution in [1.29, 1.82) is 0 Å². The molecule has 0 aromatic rings. The molecule has 0 atom stereocenters. The van der Waals surface area contributed by atoms with E-state index in [0.29, 0.717) is 0 Å². The predicted octanol–water partition coefficient (Wildman–Crippen LogP) is -0.103. The number of nitrogens with two attached hydrogens (primary N) is 2. The maximum Gasteiger partial charge on any atom is 0.330 e. The van der Waals surface area contributed by atoms with Crippen LogP contribution in [0.2, 0.25) is 0 Å². The highest BCUT2D eigenvalue weighted by Crippen LogP contribution is 1.81. The summed E-state index contributed by atoms with van der Waals surface area (Å²) in [6.45, 7) is 6.32. The second kappa shape index (κ2) is 6.25. The number of hydrogen-bond donors (Lipinski definition) is 3. The smallest absolute Gasteiger partial charge is 0.330 e. The quantitative estimate of drug-likeness (QED) is 0.356. The number of rotatable bonds is 1. The van der Waals surface area contributed by atoms with E-state index in [4.69, 9.17) is 16.6 Å². The van der Waals surface area contributed by atoms with Crippen LogP contribution in [0.4, 0.5) is 0 Å². The lowest BCUT2D eigenvalue weighted by molar-refractivity contribution is -0.132. The van der Waals surface area contributed by atoms with Crippen LogP contribution in [-0.4, -0.2) is 17.2 Å². The summed E-state index contributed by atoms with van der Waals surface area (Å²) >= 11 is 0.